The number of ketones is 1. The van der Waals surface area contributed by atoms with Crippen LogP contribution in [0.15, 0.2) is 54.7 Å². The Balaban J connectivity index is 0.00000192. The Morgan fingerprint density at radius 2 is 1.83 bits per heavy atom. The number of fused-ring (bicyclic) bond motifs is 1. The van der Waals surface area contributed by atoms with Gasteiger partial charge in [-0.15, -0.1) is 0 Å². The summed E-state index contributed by atoms with van der Waals surface area (Å²) in [5.41, 5.74) is 1.57. The molecule has 1 aromatic heterocycles. The van der Waals surface area contributed by atoms with Crippen molar-refractivity contribution >= 4 is 16.6 Å². The molecule has 23 heavy (non-hydrogen) atoms. The molecule has 118 valence electrons. The molecule has 0 saturated carbocycles. The number of hydrogen-bond donors (Lipinski definition) is 0. The number of hydrogen-bond acceptors (Lipinski definition) is 3. The molecule has 0 spiro atoms. The number of carbonyl (C=O) groups excluding carboxylic acids is 1. The van der Waals surface area contributed by atoms with E-state index in [1.165, 1.54) is 0 Å². The summed E-state index contributed by atoms with van der Waals surface area (Å²) in [6, 6.07) is 15.2. The molecule has 0 fully saturated rings. The third-order valence-corrected chi connectivity index (χ3v) is 3.63. The predicted molar refractivity (Wildman–Crippen MR) is 84.0 cm³/mol. The highest BCUT2D eigenvalue weighted by molar-refractivity contribution is 5.95. The lowest BCUT2D eigenvalue weighted by Gasteiger charge is -2.02. The molecule has 3 rings (SSSR count). The Hall–Kier alpha value is -2.27. The monoisotopic (exact) mass is 372 g/mol. The molecule has 3 aromatic rings. The number of aromatic nitrogens is 2. The maximum Gasteiger partial charge on any atom is 0.236 e. The minimum atomic E-state index is 0. The number of nitrogens with zero attached hydrogens (tertiary/aromatic N) is 2. The van der Waals surface area contributed by atoms with Crippen LogP contribution in [0.4, 0.5) is 0 Å². The highest BCUT2D eigenvalue weighted by atomic mass is 79.9. The summed E-state index contributed by atoms with van der Waals surface area (Å²) in [6.07, 6.45) is 1.91. The van der Waals surface area contributed by atoms with E-state index in [0.29, 0.717) is 5.56 Å². The van der Waals surface area contributed by atoms with Crippen LogP contribution < -0.4 is 26.4 Å². The Morgan fingerprint density at radius 3 is 2.52 bits per heavy atom. The number of halogens is 1. The first-order valence-corrected chi connectivity index (χ1v) is 7.11. The average Bonchev–Trinajstić information content (AvgIpc) is 2.55. The topological polar surface area (TPSA) is 43.1 Å². The first-order chi connectivity index (χ1) is 10.7. The van der Waals surface area contributed by atoms with Gasteiger partial charge in [-0.2, -0.15) is 0 Å². The highest BCUT2D eigenvalue weighted by Crippen LogP contribution is 2.14. The van der Waals surface area contributed by atoms with Gasteiger partial charge in [-0.05, 0) is 42.4 Å². The molecule has 4 nitrogen and oxygen atoms in total. The van der Waals surface area contributed by atoms with Crippen molar-refractivity contribution in [1.82, 2.24) is 5.10 Å². The van der Waals surface area contributed by atoms with Crippen LogP contribution in [0, 0.1) is 6.92 Å². The van der Waals surface area contributed by atoms with Crippen molar-refractivity contribution in [2.24, 2.45) is 0 Å². The summed E-state index contributed by atoms with van der Waals surface area (Å²) >= 11 is 0. The van der Waals surface area contributed by atoms with Crippen LogP contribution in [0.2, 0.25) is 0 Å². The van der Waals surface area contributed by atoms with Gasteiger partial charge in [0.1, 0.15) is 11.4 Å². The van der Waals surface area contributed by atoms with Gasteiger partial charge in [-0.25, -0.2) is 0 Å². The van der Waals surface area contributed by atoms with E-state index in [1.807, 2.05) is 37.4 Å². The van der Waals surface area contributed by atoms with Crippen molar-refractivity contribution in [3.63, 3.8) is 0 Å². The molecule has 0 aliphatic carbocycles. The molecule has 0 saturated heterocycles. The smallest absolute Gasteiger partial charge is 0.236 e. The molecule has 5 heteroatoms. The molecule has 0 aliphatic rings. The van der Waals surface area contributed by atoms with Crippen LogP contribution in [-0.2, 0) is 6.54 Å². The number of aryl methyl sites for hydroxylation is 1. The second kappa shape index (κ2) is 7.33. The molecule has 0 atom stereocenters. The summed E-state index contributed by atoms with van der Waals surface area (Å²) in [7, 11) is 1.61. The lowest BCUT2D eigenvalue weighted by atomic mass is 10.1. The van der Waals surface area contributed by atoms with Crippen LogP contribution in [0.25, 0.3) is 10.8 Å². The van der Waals surface area contributed by atoms with Gasteiger partial charge >= 0.3 is 0 Å². The summed E-state index contributed by atoms with van der Waals surface area (Å²) in [5, 5.41) is 6.66. The maximum atomic E-state index is 12.4. The Labute approximate surface area is 145 Å². The molecule has 0 aliphatic heterocycles. The number of methoxy groups -OCH3 is 1. The van der Waals surface area contributed by atoms with Gasteiger partial charge in [-0.3, -0.25) is 4.79 Å². The fourth-order valence-electron chi connectivity index (χ4n) is 2.47. The molecule has 0 unspecified atom stereocenters. The largest absolute Gasteiger partial charge is 1.00 e. The van der Waals surface area contributed by atoms with E-state index in [2.05, 4.69) is 5.10 Å². The zero-order valence-electron chi connectivity index (χ0n) is 13.0. The van der Waals surface area contributed by atoms with Crippen molar-refractivity contribution < 1.29 is 31.2 Å². The number of rotatable bonds is 4. The Kier molecular flexibility index (Phi) is 5.45. The van der Waals surface area contributed by atoms with Crippen LogP contribution in [0.1, 0.15) is 16.1 Å². The first-order valence-electron chi connectivity index (χ1n) is 7.11. The number of benzene rings is 2. The van der Waals surface area contributed by atoms with Gasteiger partial charge in [-0.1, -0.05) is 22.9 Å². The summed E-state index contributed by atoms with van der Waals surface area (Å²) < 4.78 is 6.80. The van der Waals surface area contributed by atoms with Crippen LogP contribution in [-0.4, -0.2) is 18.0 Å². The quantitative estimate of drug-likeness (QED) is 0.467. The second-order valence-electron chi connectivity index (χ2n) is 5.15. The molecule has 0 N–H and O–H groups in total. The number of carbonyl (C=O) groups is 1. The highest BCUT2D eigenvalue weighted by Gasteiger charge is 2.15. The minimum Gasteiger partial charge on any atom is -1.00 e. The maximum absolute atomic E-state index is 12.4. The standard InChI is InChI=1S/C18H17N2O2.BrH/c1-13-17-6-4-3-5-15(17)11-20(19-13)12-18(21)14-7-9-16(22-2)10-8-14;/h3-11H,12H2,1-2H3;1H/q+1;/p-1. The van der Waals surface area contributed by atoms with Crippen molar-refractivity contribution in [3.05, 3.63) is 66.0 Å². The second-order valence-corrected chi connectivity index (χ2v) is 5.15. The Bertz CT molecular complexity index is 832. The van der Waals surface area contributed by atoms with Crippen molar-refractivity contribution in [2.75, 3.05) is 7.11 Å². The van der Waals surface area contributed by atoms with E-state index in [4.69, 9.17) is 4.74 Å². The molecular weight excluding hydrogens is 356 g/mol. The zero-order valence-corrected chi connectivity index (χ0v) is 14.6. The van der Waals surface area contributed by atoms with Crippen LogP contribution >= 0.6 is 0 Å². The van der Waals surface area contributed by atoms with Gasteiger partial charge in [0.05, 0.1) is 7.11 Å². The molecule has 2 aromatic carbocycles. The summed E-state index contributed by atoms with van der Waals surface area (Å²) in [4.78, 5) is 12.4. The molecular formula is C18H17BrN2O2. The van der Waals surface area contributed by atoms with E-state index in [0.717, 1.165) is 22.2 Å². The zero-order chi connectivity index (χ0) is 15.5. The van der Waals surface area contributed by atoms with E-state index in [1.54, 1.807) is 36.1 Å². The molecule has 0 radical (unpaired) electrons. The number of ether oxygens (including phenoxy) is 1. The third kappa shape index (κ3) is 3.74. The van der Waals surface area contributed by atoms with Crippen molar-refractivity contribution in [1.29, 1.82) is 0 Å². The van der Waals surface area contributed by atoms with E-state index in [9.17, 15) is 4.79 Å². The lowest BCUT2D eigenvalue weighted by Crippen LogP contribution is -3.00. The van der Waals surface area contributed by atoms with Gasteiger partial charge in [0.15, 0.2) is 0 Å². The molecule has 0 bridgehead atoms. The van der Waals surface area contributed by atoms with Gasteiger partial charge in [0.25, 0.3) is 0 Å². The van der Waals surface area contributed by atoms with Gasteiger partial charge in [0.2, 0.25) is 18.5 Å². The summed E-state index contributed by atoms with van der Waals surface area (Å²) in [5.74, 6) is 0.763. The van der Waals surface area contributed by atoms with Crippen molar-refractivity contribution in [3.8, 4) is 5.75 Å². The number of Topliss-reactive ketones (excluding diaryl/α,β-unsaturated/α-hetero) is 1. The predicted octanol–water partition coefficient (Wildman–Crippen LogP) is -0.274. The third-order valence-electron chi connectivity index (χ3n) is 3.63. The first kappa shape index (κ1) is 17.1. The molecule has 1 heterocycles. The van der Waals surface area contributed by atoms with Gasteiger partial charge < -0.3 is 21.7 Å². The fraction of sp³-hybridized carbons (Fsp3) is 0.167. The van der Waals surface area contributed by atoms with Crippen molar-refractivity contribution in [2.45, 2.75) is 13.5 Å². The van der Waals surface area contributed by atoms with Crippen LogP contribution in [0.3, 0.4) is 0 Å². The van der Waals surface area contributed by atoms with Crippen LogP contribution in [0.5, 0.6) is 5.75 Å². The Morgan fingerprint density at radius 1 is 1.13 bits per heavy atom. The SMILES string of the molecule is COc1ccc(C(=O)C[n+]2cc3ccccc3c(C)n2)cc1.[Br-]. The van der Waals surface area contributed by atoms with E-state index >= 15 is 0 Å². The van der Waals surface area contributed by atoms with Gasteiger partial charge in [0, 0.05) is 16.3 Å². The lowest BCUT2D eigenvalue weighted by molar-refractivity contribution is -0.740. The van der Waals surface area contributed by atoms with E-state index in [-0.39, 0.29) is 29.3 Å². The average molecular weight is 373 g/mol. The minimum absolute atomic E-state index is 0. The summed E-state index contributed by atoms with van der Waals surface area (Å²) in [6.45, 7) is 2.18. The normalized spacial score (nSPS) is 10.2. The van der Waals surface area contributed by atoms with E-state index < -0.39 is 0 Å². The fourth-order valence-corrected chi connectivity index (χ4v) is 2.47. The molecule has 0 amide bonds.